The number of ether oxygens (including phenoxy) is 2. The Morgan fingerprint density at radius 3 is 2.00 bits per heavy atom. The van der Waals surface area contributed by atoms with Gasteiger partial charge in [-0.3, -0.25) is 4.90 Å². The second-order valence-electron chi connectivity index (χ2n) is 5.50. The van der Waals surface area contributed by atoms with Crippen molar-refractivity contribution in [1.82, 2.24) is 4.90 Å². The number of hydrogen-bond donors (Lipinski definition) is 2. The van der Waals surface area contributed by atoms with Gasteiger partial charge in [-0.05, 0) is 40.2 Å². The molecule has 0 heterocycles. The van der Waals surface area contributed by atoms with Gasteiger partial charge < -0.3 is 20.3 Å². The van der Waals surface area contributed by atoms with Gasteiger partial charge in [-0.2, -0.15) is 0 Å². The quantitative estimate of drug-likeness (QED) is 0.471. The fraction of sp³-hybridized carbons (Fsp3) is 1.00. The van der Waals surface area contributed by atoms with E-state index in [0.29, 0.717) is 0 Å². The van der Waals surface area contributed by atoms with Gasteiger partial charge in [0.2, 0.25) is 0 Å². The van der Waals surface area contributed by atoms with E-state index in [-0.39, 0.29) is 6.61 Å². The maximum Gasteiger partial charge on any atom is 0.0608 e. The van der Waals surface area contributed by atoms with Crippen molar-refractivity contribution in [3.63, 3.8) is 0 Å². The largest absolute Gasteiger partial charge is 0.394 e. The van der Waals surface area contributed by atoms with Crippen LogP contribution in [0.25, 0.3) is 0 Å². The Morgan fingerprint density at radius 2 is 1.55 bits per heavy atom. The Morgan fingerprint density at radius 1 is 1.00 bits per heavy atom. The summed E-state index contributed by atoms with van der Waals surface area (Å²) >= 11 is 0. The van der Waals surface area contributed by atoms with Crippen LogP contribution in [-0.2, 0) is 9.47 Å². The summed E-state index contributed by atoms with van der Waals surface area (Å²) < 4.78 is 10.8. The summed E-state index contributed by atoms with van der Waals surface area (Å²) in [6.45, 7) is 12.0. The number of unbranched alkanes of at least 4 members (excludes halogenated alkanes) is 1. The number of nitrogens with two attached hydrogens (primary N) is 1. The van der Waals surface area contributed by atoms with E-state index in [1.807, 2.05) is 20.8 Å². The van der Waals surface area contributed by atoms with E-state index in [9.17, 15) is 0 Å². The van der Waals surface area contributed by atoms with E-state index in [1.165, 1.54) is 0 Å². The number of rotatable bonds is 14. The van der Waals surface area contributed by atoms with E-state index in [4.69, 9.17) is 20.3 Å². The van der Waals surface area contributed by atoms with E-state index >= 15 is 0 Å². The highest BCUT2D eigenvalue weighted by atomic mass is 16.5. The average molecular weight is 290 g/mol. The summed E-state index contributed by atoms with van der Waals surface area (Å²) in [6.07, 6.45) is 2.98. The third-order valence-electron chi connectivity index (χ3n) is 3.35. The van der Waals surface area contributed by atoms with Crippen LogP contribution in [0.3, 0.4) is 0 Å². The smallest absolute Gasteiger partial charge is 0.0608 e. The molecule has 1 unspecified atom stereocenters. The molecule has 0 aliphatic heterocycles. The minimum Gasteiger partial charge on any atom is -0.394 e. The Hall–Kier alpha value is -0.200. The summed E-state index contributed by atoms with van der Waals surface area (Å²) in [5.41, 5.74) is 5.48. The standard InChI is InChI=1S/C15H34N2O3/c1-4-19-12-10-17(11-13-20-5-2)9-7-6-8-15(3,16)14-18/h18H,4-14,16H2,1-3H3. The summed E-state index contributed by atoms with van der Waals surface area (Å²) in [5.74, 6) is 0. The summed E-state index contributed by atoms with van der Waals surface area (Å²) in [4.78, 5) is 2.37. The van der Waals surface area contributed by atoms with Crippen LogP contribution >= 0.6 is 0 Å². The normalized spacial score (nSPS) is 14.7. The highest BCUT2D eigenvalue weighted by Gasteiger charge is 2.16. The predicted molar refractivity (Wildman–Crippen MR) is 83.0 cm³/mol. The lowest BCUT2D eigenvalue weighted by Crippen LogP contribution is -2.40. The van der Waals surface area contributed by atoms with Crippen LogP contribution in [0.15, 0.2) is 0 Å². The van der Waals surface area contributed by atoms with Gasteiger partial charge in [0.15, 0.2) is 0 Å². The van der Waals surface area contributed by atoms with Gasteiger partial charge in [0, 0.05) is 31.8 Å². The van der Waals surface area contributed by atoms with Crippen molar-refractivity contribution < 1.29 is 14.6 Å². The van der Waals surface area contributed by atoms with E-state index in [1.54, 1.807) is 0 Å². The van der Waals surface area contributed by atoms with Gasteiger partial charge in [0.25, 0.3) is 0 Å². The number of aliphatic hydroxyl groups excluding tert-OH is 1. The SMILES string of the molecule is CCOCCN(CCCCC(C)(N)CO)CCOCC. The van der Waals surface area contributed by atoms with Crippen LogP contribution in [0, 0.1) is 0 Å². The van der Waals surface area contributed by atoms with Crippen molar-refractivity contribution in [2.24, 2.45) is 5.73 Å². The van der Waals surface area contributed by atoms with E-state index in [2.05, 4.69) is 4.90 Å². The minimum atomic E-state index is -0.443. The van der Waals surface area contributed by atoms with Gasteiger partial charge in [-0.1, -0.05) is 6.42 Å². The maximum absolute atomic E-state index is 9.12. The molecule has 0 aromatic carbocycles. The third-order valence-corrected chi connectivity index (χ3v) is 3.35. The average Bonchev–Trinajstić information content (AvgIpc) is 2.43. The molecule has 5 heteroatoms. The van der Waals surface area contributed by atoms with Crippen molar-refractivity contribution in [3.05, 3.63) is 0 Å². The number of hydrogen-bond acceptors (Lipinski definition) is 5. The topological polar surface area (TPSA) is 68.0 Å². The number of nitrogens with zero attached hydrogens (tertiary/aromatic N) is 1. The van der Waals surface area contributed by atoms with E-state index in [0.717, 1.165) is 65.3 Å². The lowest BCUT2D eigenvalue weighted by atomic mass is 9.97. The predicted octanol–water partition coefficient (Wildman–Crippen LogP) is 1.24. The monoisotopic (exact) mass is 290 g/mol. The molecule has 0 aliphatic carbocycles. The zero-order chi connectivity index (χ0) is 15.3. The molecule has 0 fully saturated rings. The molecule has 0 saturated heterocycles. The molecule has 0 aliphatic rings. The van der Waals surface area contributed by atoms with Crippen LogP contribution in [0.5, 0.6) is 0 Å². The van der Waals surface area contributed by atoms with Crippen LogP contribution in [0.2, 0.25) is 0 Å². The highest BCUT2D eigenvalue weighted by molar-refractivity contribution is 4.76. The summed E-state index contributed by atoms with van der Waals surface area (Å²) in [6, 6.07) is 0. The van der Waals surface area contributed by atoms with Crippen molar-refractivity contribution in [2.75, 3.05) is 52.7 Å². The van der Waals surface area contributed by atoms with Crippen molar-refractivity contribution >= 4 is 0 Å². The fourth-order valence-electron chi connectivity index (χ4n) is 1.95. The first-order valence-corrected chi connectivity index (χ1v) is 7.83. The Balaban J connectivity index is 3.83. The van der Waals surface area contributed by atoms with Gasteiger partial charge in [0.1, 0.15) is 0 Å². The van der Waals surface area contributed by atoms with Gasteiger partial charge in [-0.15, -0.1) is 0 Å². The zero-order valence-electron chi connectivity index (χ0n) is 13.6. The lowest BCUT2D eigenvalue weighted by Gasteiger charge is -2.24. The molecule has 20 heavy (non-hydrogen) atoms. The van der Waals surface area contributed by atoms with Crippen molar-refractivity contribution in [1.29, 1.82) is 0 Å². The molecule has 5 nitrogen and oxygen atoms in total. The Kier molecular flexibility index (Phi) is 12.4. The molecule has 0 spiro atoms. The second kappa shape index (κ2) is 12.5. The first kappa shape index (κ1) is 19.8. The minimum absolute atomic E-state index is 0.0470. The Bertz CT molecular complexity index is 203. The van der Waals surface area contributed by atoms with Crippen LogP contribution in [0.1, 0.15) is 40.0 Å². The van der Waals surface area contributed by atoms with E-state index < -0.39 is 5.54 Å². The maximum atomic E-state index is 9.12. The molecule has 0 radical (unpaired) electrons. The first-order chi connectivity index (χ1) is 9.55. The lowest BCUT2D eigenvalue weighted by molar-refractivity contribution is 0.0816. The molecule has 0 saturated carbocycles. The summed E-state index contributed by atoms with van der Waals surface area (Å²) in [5, 5.41) is 9.12. The molecule has 3 N–H and O–H groups in total. The fourth-order valence-corrected chi connectivity index (χ4v) is 1.95. The molecule has 122 valence electrons. The van der Waals surface area contributed by atoms with Crippen LogP contribution in [-0.4, -0.2) is 68.2 Å². The van der Waals surface area contributed by atoms with Gasteiger partial charge in [-0.25, -0.2) is 0 Å². The first-order valence-electron chi connectivity index (χ1n) is 7.83. The number of aliphatic hydroxyl groups is 1. The van der Waals surface area contributed by atoms with Crippen molar-refractivity contribution in [3.8, 4) is 0 Å². The molecular weight excluding hydrogens is 256 g/mol. The molecular formula is C15H34N2O3. The molecule has 0 bridgehead atoms. The molecule has 1 atom stereocenters. The van der Waals surface area contributed by atoms with Crippen molar-refractivity contribution in [2.45, 2.75) is 45.6 Å². The molecule has 0 aromatic rings. The molecule has 0 aromatic heterocycles. The molecule has 0 rings (SSSR count). The third kappa shape index (κ3) is 11.6. The molecule has 0 amide bonds. The van der Waals surface area contributed by atoms with Gasteiger partial charge in [0.05, 0.1) is 19.8 Å². The summed E-state index contributed by atoms with van der Waals surface area (Å²) in [7, 11) is 0. The second-order valence-corrected chi connectivity index (χ2v) is 5.50. The zero-order valence-corrected chi connectivity index (χ0v) is 13.6. The van der Waals surface area contributed by atoms with Gasteiger partial charge >= 0.3 is 0 Å². The Labute approximate surface area is 124 Å². The highest BCUT2D eigenvalue weighted by Crippen LogP contribution is 2.10. The van der Waals surface area contributed by atoms with Crippen LogP contribution in [0.4, 0.5) is 0 Å². The van der Waals surface area contributed by atoms with Crippen LogP contribution < -0.4 is 5.73 Å².